The first-order valence-corrected chi connectivity index (χ1v) is 15.0. The third kappa shape index (κ3) is 6.66. The van der Waals surface area contributed by atoms with Crippen molar-refractivity contribution in [2.45, 2.75) is 30.8 Å². The van der Waals surface area contributed by atoms with Crippen molar-refractivity contribution in [2.24, 2.45) is 0 Å². The van der Waals surface area contributed by atoms with Gasteiger partial charge in [-0.2, -0.15) is 0 Å². The number of alkyl carbamates (subject to hydrolysis) is 1. The molecule has 2 N–H and O–H groups in total. The molecule has 1 aliphatic rings. The second kappa shape index (κ2) is 13.6. The molecule has 5 aromatic carbocycles. The molecule has 0 heterocycles. The zero-order chi connectivity index (χ0) is 30.3. The minimum Gasteiger partial charge on any atom is -0.468 e. The molecule has 1 amide bonds. The van der Waals surface area contributed by atoms with Crippen LogP contribution in [0.1, 0.15) is 28.2 Å². The zero-order valence-electron chi connectivity index (χ0n) is 24.7. The van der Waals surface area contributed by atoms with E-state index in [0.717, 1.165) is 33.0 Å². The molecule has 0 saturated heterocycles. The molecule has 0 aromatic heterocycles. The molecular formula is C38H36N2O4. The van der Waals surface area contributed by atoms with Gasteiger partial charge in [-0.3, -0.25) is 4.79 Å². The number of carbonyl (C=O) groups is 2. The standard InChI is InChI=1S/C38H36N2O4/c1-43-37(41)36(23-26-11-3-2-4-12-26)39-24-30(22-27-19-20-28-13-5-6-14-29(28)21-27)40-38(42)44-25-35-33-17-9-7-15-31(33)32-16-8-10-18-34(32)35/h2-21,30,35-36,39H,22-25H2,1H3,(H,40,42)/t30-,36+/m1/s1. The SMILES string of the molecule is COC(=O)[C@H](Cc1ccccc1)NC[C@@H](Cc1ccc2ccccc2c1)NC(=O)OCC1c2ccccc2-c2ccccc21. The lowest BCUT2D eigenvalue weighted by Gasteiger charge is -2.24. The summed E-state index contributed by atoms with van der Waals surface area (Å²) in [7, 11) is 1.39. The molecule has 0 unspecified atom stereocenters. The molecule has 0 radical (unpaired) electrons. The van der Waals surface area contributed by atoms with Gasteiger partial charge in [-0.05, 0) is 57.0 Å². The number of rotatable bonds is 11. The molecule has 0 fully saturated rings. The van der Waals surface area contributed by atoms with E-state index in [9.17, 15) is 9.59 Å². The minimum absolute atomic E-state index is 0.0280. The predicted molar refractivity (Wildman–Crippen MR) is 174 cm³/mol. The summed E-state index contributed by atoms with van der Waals surface area (Å²) in [6.07, 6.45) is 0.541. The predicted octanol–water partition coefficient (Wildman–Crippen LogP) is 6.66. The molecule has 6 nitrogen and oxygen atoms in total. The summed E-state index contributed by atoms with van der Waals surface area (Å²) in [5.41, 5.74) is 6.79. The summed E-state index contributed by atoms with van der Waals surface area (Å²) in [5.74, 6) is -0.376. The van der Waals surface area contributed by atoms with E-state index in [1.807, 2.05) is 66.7 Å². The molecule has 222 valence electrons. The van der Waals surface area contributed by atoms with Crippen LogP contribution in [0.15, 0.2) is 121 Å². The van der Waals surface area contributed by atoms with Crippen molar-refractivity contribution >= 4 is 22.8 Å². The van der Waals surface area contributed by atoms with E-state index in [-0.39, 0.29) is 24.5 Å². The second-order valence-corrected chi connectivity index (χ2v) is 11.2. The van der Waals surface area contributed by atoms with Crippen molar-refractivity contribution in [1.82, 2.24) is 10.6 Å². The molecule has 5 aromatic rings. The molecule has 0 saturated carbocycles. The number of hydrogen-bond acceptors (Lipinski definition) is 5. The average Bonchev–Trinajstić information content (AvgIpc) is 3.39. The maximum atomic E-state index is 13.3. The van der Waals surface area contributed by atoms with Crippen LogP contribution < -0.4 is 10.6 Å². The highest BCUT2D eigenvalue weighted by Crippen LogP contribution is 2.44. The van der Waals surface area contributed by atoms with Crippen LogP contribution in [-0.2, 0) is 27.1 Å². The number of methoxy groups -OCH3 is 1. The van der Waals surface area contributed by atoms with Gasteiger partial charge in [0.1, 0.15) is 12.6 Å². The summed E-state index contributed by atoms with van der Waals surface area (Å²) >= 11 is 0. The number of nitrogens with one attached hydrogen (secondary N) is 2. The Bertz CT molecular complexity index is 1710. The van der Waals surface area contributed by atoms with Crippen LogP contribution in [0.25, 0.3) is 21.9 Å². The average molecular weight is 585 g/mol. The first kappa shape index (κ1) is 29.1. The maximum Gasteiger partial charge on any atom is 0.407 e. The Kier molecular flexibility index (Phi) is 8.99. The fraction of sp³-hybridized carbons (Fsp3) is 0.211. The first-order valence-electron chi connectivity index (χ1n) is 15.0. The number of amides is 1. The van der Waals surface area contributed by atoms with Gasteiger partial charge >= 0.3 is 12.1 Å². The van der Waals surface area contributed by atoms with Gasteiger partial charge in [0.05, 0.1) is 7.11 Å². The molecule has 0 spiro atoms. The lowest BCUT2D eigenvalue weighted by atomic mass is 9.98. The van der Waals surface area contributed by atoms with Gasteiger partial charge in [-0.15, -0.1) is 0 Å². The molecule has 0 bridgehead atoms. The van der Waals surface area contributed by atoms with E-state index < -0.39 is 12.1 Å². The summed E-state index contributed by atoms with van der Waals surface area (Å²) in [5, 5.41) is 8.74. The maximum absolute atomic E-state index is 13.3. The van der Waals surface area contributed by atoms with Crippen molar-refractivity contribution in [1.29, 1.82) is 0 Å². The Morgan fingerprint density at radius 1 is 0.705 bits per heavy atom. The van der Waals surface area contributed by atoms with Crippen molar-refractivity contribution in [3.05, 3.63) is 144 Å². The highest BCUT2D eigenvalue weighted by atomic mass is 16.5. The third-order valence-corrected chi connectivity index (χ3v) is 8.34. The van der Waals surface area contributed by atoms with Crippen LogP contribution in [-0.4, -0.2) is 44.4 Å². The molecule has 0 aliphatic heterocycles. The van der Waals surface area contributed by atoms with Gasteiger partial charge < -0.3 is 20.1 Å². The van der Waals surface area contributed by atoms with Gasteiger partial charge in [0.15, 0.2) is 0 Å². The zero-order valence-corrected chi connectivity index (χ0v) is 24.7. The van der Waals surface area contributed by atoms with Crippen molar-refractivity contribution in [3.63, 3.8) is 0 Å². The normalized spacial score (nSPS) is 13.5. The van der Waals surface area contributed by atoms with E-state index in [4.69, 9.17) is 9.47 Å². The van der Waals surface area contributed by atoms with Gasteiger partial charge in [-0.25, -0.2) is 4.79 Å². The fourth-order valence-electron chi connectivity index (χ4n) is 6.15. The molecule has 1 aliphatic carbocycles. The Labute approximate surface area is 258 Å². The van der Waals surface area contributed by atoms with Crippen LogP contribution in [0.3, 0.4) is 0 Å². The topological polar surface area (TPSA) is 76.7 Å². The van der Waals surface area contributed by atoms with E-state index >= 15 is 0 Å². The fourth-order valence-corrected chi connectivity index (χ4v) is 6.15. The number of hydrogen-bond donors (Lipinski definition) is 2. The van der Waals surface area contributed by atoms with Crippen LogP contribution in [0.2, 0.25) is 0 Å². The molecule has 6 heteroatoms. The summed E-state index contributed by atoms with van der Waals surface area (Å²) < 4.78 is 11.0. The smallest absolute Gasteiger partial charge is 0.407 e. The number of benzene rings is 5. The van der Waals surface area contributed by atoms with Gasteiger partial charge in [-0.1, -0.05) is 121 Å². The van der Waals surface area contributed by atoms with E-state index in [1.165, 1.54) is 18.2 Å². The van der Waals surface area contributed by atoms with E-state index in [2.05, 4.69) is 65.2 Å². The van der Waals surface area contributed by atoms with Gasteiger partial charge in [0.25, 0.3) is 0 Å². The Balaban J connectivity index is 1.17. The van der Waals surface area contributed by atoms with Crippen molar-refractivity contribution < 1.29 is 19.1 Å². The lowest BCUT2D eigenvalue weighted by molar-refractivity contribution is -0.143. The quantitative estimate of drug-likeness (QED) is 0.170. The summed E-state index contributed by atoms with van der Waals surface area (Å²) in [6.45, 7) is 0.582. The molecular weight excluding hydrogens is 548 g/mol. The van der Waals surface area contributed by atoms with E-state index in [0.29, 0.717) is 19.4 Å². The summed E-state index contributed by atoms with van der Waals surface area (Å²) in [6, 6.07) is 40.0. The highest BCUT2D eigenvalue weighted by Gasteiger charge is 2.29. The Morgan fingerprint density at radius 2 is 1.34 bits per heavy atom. The second-order valence-electron chi connectivity index (χ2n) is 11.2. The number of carbonyl (C=O) groups excluding carboxylic acids is 2. The number of esters is 1. The van der Waals surface area contributed by atoms with Crippen molar-refractivity contribution in [2.75, 3.05) is 20.3 Å². The van der Waals surface area contributed by atoms with Crippen LogP contribution >= 0.6 is 0 Å². The Morgan fingerprint density at radius 3 is 2.05 bits per heavy atom. The number of fused-ring (bicyclic) bond motifs is 4. The molecule has 2 atom stereocenters. The van der Waals surface area contributed by atoms with Crippen LogP contribution in [0, 0.1) is 0 Å². The monoisotopic (exact) mass is 584 g/mol. The minimum atomic E-state index is -0.564. The number of ether oxygens (including phenoxy) is 2. The largest absolute Gasteiger partial charge is 0.468 e. The third-order valence-electron chi connectivity index (χ3n) is 8.34. The van der Waals surface area contributed by atoms with E-state index in [1.54, 1.807) is 0 Å². The first-order chi connectivity index (χ1) is 21.6. The molecule has 44 heavy (non-hydrogen) atoms. The van der Waals surface area contributed by atoms with Crippen LogP contribution in [0.4, 0.5) is 4.79 Å². The van der Waals surface area contributed by atoms with Crippen molar-refractivity contribution in [3.8, 4) is 11.1 Å². The summed E-state index contributed by atoms with van der Waals surface area (Å²) in [4.78, 5) is 26.0. The molecule has 6 rings (SSSR count). The lowest BCUT2D eigenvalue weighted by Crippen LogP contribution is -2.49. The highest BCUT2D eigenvalue weighted by molar-refractivity contribution is 5.83. The Hall–Kier alpha value is -4.94. The van der Waals surface area contributed by atoms with Gasteiger partial charge in [0.2, 0.25) is 0 Å². The van der Waals surface area contributed by atoms with Gasteiger partial charge in [0, 0.05) is 18.5 Å². The van der Waals surface area contributed by atoms with Crippen LogP contribution in [0.5, 0.6) is 0 Å².